The molecule has 1 atom stereocenters. The molecule has 0 saturated carbocycles. The summed E-state index contributed by atoms with van der Waals surface area (Å²) in [7, 11) is 0. The molecule has 0 aromatic heterocycles. The van der Waals surface area contributed by atoms with E-state index in [1.165, 1.54) is 0 Å². The van der Waals surface area contributed by atoms with E-state index in [4.69, 9.17) is 5.73 Å². The van der Waals surface area contributed by atoms with E-state index in [1.54, 1.807) is 0 Å². The number of amides is 1. The molecule has 1 rings (SSSR count). The van der Waals surface area contributed by atoms with Gasteiger partial charge in [0.05, 0.1) is 5.92 Å². The molecule has 1 unspecified atom stereocenters. The number of rotatable bonds is 4. The Morgan fingerprint density at radius 3 is 2.05 bits per heavy atom. The van der Waals surface area contributed by atoms with Crippen molar-refractivity contribution in [3.8, 4) is 0 Å². The van der Waals surface area contributed by atoms with Gasteiger partial charge in [0.2, 0.25) is 5.91 Å². The van der Waals surface area contributed by atoms with Gasteiger partial charge in [-0.25, -0.2) is 0 Å². The van der Waals surface area contributed by atoms with Gasteiger partial charge in [-0.3, -0.25) is 9.69 Å². The molecule has 0 spiro atoms. The van der Waals surface area contributed by atoms with Gasteiger partial charge in [-0.1, -0.05) is 20.8 Å². The quantitative estimate of drug-likeness (QED) is 0.842. The Bertz CT molecular complexity index is 288. The van der Waals surface area contributed by atoms with Gasteiger partial charge in [-0.15, -0.1) is 0 Å². The van der Waals surface area contributed by atoms with Crippen LogP contribution in [-0.2, 0) is 4.79 Å². The van der Waals surface area contributed by atoms with E-state index in [9.17, 15) is 4.79 Å². The zero-order valence-electron chi connectivity index (χ0n) is 13.3. The normalized spacial score (nSPS) is 19.8. The second-order valence-corrected chi connectivity index (χ2v) is 7.15. The van der Waals surface area contributed by atoms with E-state index >= 15 is 0 Å². The van der Waals surface area contributed by atoms with Crippen LogP contribution in [0.2, 0.25) is 0 Å². The maximum atomic E-state index is 12.5. The first kappa shape index (κ1) is 16.4. The van der Waals surface area contributed by atoms with Crippen molar-refractivity contribution in [1.29, 1.82) is 0 Å². The molecule has 0 bridgehead atoms. The van der Waals surface area contributed by atoms with Crippen molar-refractivity contribution >= 4 is 5.91 Å². The second-order valence-electron chi connectivity index (χ2n) is 7.15. The number of nitrogens with zero attached hydrogens (tertiary/aromatic N) is 2. The fourth-order valence-corrected chi connectivity index (χ4v) is 2.73. The molecule has 4 heteroatoms. The highest BCUT2D eigenvalue weighted by Gasteiger charge is 2.29. The van der Waals surface area contributed by atoms with Gasteiger partial charge in [0.15, 0.2) is 0 Å². The zero-order chi connectivity index (χ0) is 14.6. The molecule has 0 aliphatic carbocycles. The van der Waals surface area contributed by atoms with Gasteiger partial charge in [0.1, 0.15) is 0 Å². The van der Waals surface area contributed by atoms with Crippen molar-refractivity contribution in [3.63, 3.8) is 0 Å². The predicted octanol–water partition coefficient (Wildman–Crippen LogP) is 1.55. The molecule has 2 N–H and O–H groups in total. The van der Waals surface area contributed by atoms with Crippen molar-refractivity contribution in [2.24, 2.45) is 17.1 Å². The SMILES string of the molecule is CC(C)N1CCN(C(=O)C(CN)CC(C)(C)C)CC1. The molecule has 0 aromatic carbocycles. The van der Waals surface area contributed by atoms with Gasteiger partial charge in [0.25, 0.3) is 0 Å². The smallest absolute Gasteiger partial charge is 0.227 e. The first-order valence-electron chi connectivity index (χ1n) is 7.47. The summed E-state index contributed by atoms with van der Waals surface area (Å²) in [4.78, 5) is 16.9. The number of nitrogens with two attached hydrogens (primary N) is 1. The summed E-state index contributed by atoms with van der Waals surface area (Å²) in [5.41, 5.74) is 5.96. The Hall–Kier alpha value is -0.610. The van der Waals surface area contributed by atoms with E-state index in [0.29, 0.717) is 12.6 Å². The highest BCUT2D eigenvalue weighted by atomic mass is 16.2. The van der Waals surface area contributed by atoms with Crippen molar-refractivity contribution in [1.82, 2.24) is 9.80 Å². The molecule has 1 saturated heterocycles. The molecule has 1 fully saturated rings. The molecule has 1 heterocycles. The van der Waals surface area contributed by atoms with Crippen LogP contribution in [-0.4, -0.2) is 54.5 Å². The third-order valence-corrected chi connectivity index (χ3v) is 3.85. The molecule has 112 valence electrons. The summed E-state index contributed by atoms with van der Waals surface area (Å²) >= 11 is 0. The first-order valence-corrected chi connectivity index (χ1v) is 7.47. The van der Waals surface area contributed by atoms with E-state index < -0.39 is 0 Å². The number of hydrogen-bond acceptors (Lipinski definition) is 3. The summed E-state index contributed by atoms with van der Waals surface area (Å²) in [5, 5.41) is 0. The minimum absolute atomic E-state index is 0.0226. The maximum absolute atomic E-state index is 12.5. The number of hydrogen-bond donors (Lipinski definition) is 1. The zero-order valence-corrected chi connectivity index (χ0v) is 13.3. The molecular weight excluding hydrogens is 238 g/mol. The average molecular weight is 269 g/mol. The van der Waals surface area contributed by atoms with Crippen molar-refractivity contribution in [2.75, 3.05) is 32.7 Å². The third kappa shape index (κ3) is 5.11. The van der Waals surface area contributed by atoms with Crippen LogP contribution in [0.1, 0.15) is 41.0 Å². The molecular formula is C15H31N3O. The maximum Gasteiger partial charge on any atom is 0.227 e. The second kappa shape index (κ2) is 6.71. The monoisotopic (exact) mass is 269 g/mol. The van der Waals surface area contributed by atoms with E-state index in [0.717, 1.165) is 32.6 Å². The van der Waals surface area contributed by atoms with Crippen LogP contribution < -0.4 is 5.73 Å². The summed E-state index contributed by atoms with van der Waals surface area (Å²) < 4.78 is 0. The van der Waals surface area contributed by atoms with Crippen molar-refractivity contribution in [2.45, 2.75) is 47.1 Å². The summed E-state index contributed by atoms with van der Waals surface area (Å²) in [6, 6.07) is 0.567. The Labute approximate surface area is 118 Å². The lowest BCUT2D eigenvalue weighted by Gasteiger charge is -2.38. The van der Waals surface area contributed by atoms with Gasteiger partial charge < -0.3 is 10.6 Å². The lowest BCUT2D eigenvalue weighted by atomic mass is 9.84. The Morgan fingerprint density at radius 2 is 1.68 bits per heavy atom. The van der Waals surface area contributed by atoms with Crippen LogP contribution in [0.25, 0.3) is 0 Å². The van der Waals surface area contributed by atoms with Crippen LogP contribution in [0.5, 0.6) is 0 Å². The Kier molecular flexibility index (Phi) is 5.81. The molecule has 0 aromatic rings. The fraction of sp³-hybridized carbons (Fsp3) is 0.933. The largest absolute Gasteiger partial charge is 0.340 e. The minimum Gasteiger partial charge on any atom is -0.340 e. The van der Waals surface area contributed by atoms with E-state index in [1.807, 2.05) is 4.90 Å². The van der Waals surface area contributed by atoms with Crippen LogP contribution in [0.4, 0.5) is 0 Å². The van der Waals surface area contributed by atoms with Crippen LogP contribution >= 0.6 is 0 Å². The molecule has 1 amide bonds. The lowest BCUT2D eigenvalue weighted by molar-refractivity contribution is -0.138. The third-order valence-electron chi connectivity index (χ3n) is 3.85. The Morgan fingerprint density at radius 1 is 1.16 bits per heavy atom. The molecule has 1 aliphatic rings. The number of piperazine rings is 1. The lowest BCUT2D eigenvalue weighted by Crippen LogP contribution is -2.53. The van der Waals surface area contributed by atoms with Crippen molar-refractivity contribution in [3.05, 3.63) is 0 Å². The number of carbonyl (C=O) groups is 1. The molecule has 4 nitrogen and oxygen atoms in total. The molecule has 19 heavy (non-hydrogen) atoms. The van der Waals surface area contributed by atoms with E-state index in [2.05, 4.69) is 39.5 Å². The highest BCUT2D eigenvalue weighted by molar-refractivity contribution is 5.79. The minimum atomic E-state index is -0.0226. The van der Waals surface area contributed by atoms with Crippen LogP contribution in [0.3, 0.4) is 0 Å². The van der Waals surface area contributed by atoms with E-state index in [-0.39, 0.29) is 17.2 Å². The first-order chi connectivity index (χ1) is 8.74. The summed E-state index contributed by atoms with van der Waals surface area (Å²) in [6.07, 6.45) is 0.868. The van der Waals surface area contributed by atoms with Crippen molar-refractivity contribution < 1.29 is 4.79 Å². The summed E-state index contributed by atoms with van der Waals surface area (Å²) in [6.45, 7) is 15.0. The predicted molar refractivity (Wildman–Crippen MR) is 79.9 cm³/mol. The Balaban J connectivity index is 2.53. The van der Waals surface area contributed by atoms with Gasteiger partial charge in [-0.2, -0.15) is 0 Å². The standard InChI is InChI=1S/C15H31N3O/c1-12(2)17-6-8-18(9-7-17)14(19)13(11-16)10-15(3,4)5/h12-13H,6-11,16H2,1-5H3. The van der Waals surface area contributed by atoms with Gasteiger partial charge in [-0.05, 0) is 25.7 Å². The summed E-state index contributed by atoms with van der Waals surface area (Å²) in [5.74, 6) is 0.228. The van der Waals surface area contributed by atoms with Crippen LogP contribution in [0, 0.1) is 11.3 Å². The highest BCUT2D eigenvalue weighted by Crippen LogP contribution is 2.25. The van der Waals surface area contributed by atoms with Gasteiger partial charge in [0, 0.05) is 38.8 Å². The molecule has 0 radical (unpaired) electrons. The average Bonchev–Trinajstić information content (AvgIpc) is 2.34. The fourth-order valence-electron chi connectivity index (χ4n) is 2.73. The van der Waals surface area contributed by atoms with Crippen LogP contribution in [0.15, 0.2) is 0 Å². The molecule has 1 aliphatic heterocycles. The topological polar surface area (TPSA) is 49.6 Å². The van der Waals surface area contributed by atoms with Gasteiger partial charge >= 0.3 is 0 Å². The number of carbonyl (C=O) groups excluding carboxylic acids is 1.